The molecule has 77 heavy (non-hydrogen) atoms. The van der Waals surface area contributed by atoms with Crippen LogP contribution in [0.3, 0.4) is 0 Å². The van der Waals surface area contributed by atoms with Crippen LogP contribution in [0.4, 0.5) is 0 Å². The number of benzene rings is 9. The minimum Gasteiger partial charge on any atom is -0.0622 e. The molecule has 13 rings (SSSR count). The van der Waals surface area contributed by atoms with Crippen molar-refractivity contribution in [3.8, 4) is 71.0 Å². The van der Waals surface area contributed by atoms with Crippen molar-refractivity contribution in [1.29, 1.82) is 0 Å². The van der Waals surface area contributed by atoms with E-state index in [9.17, 15) is 0 Å². The average Bonchev–Trinajstić information content (AvgIpc) is 3.65. The third-order valence-corrected chi connectivity index (χ3v) is 15.9. The fourth-order valence-electron chi connectivity index (χ4n) is 13.1. The van der Waals surface area contributed by atoms with Gasteiger partial charge in [0.15, 0.2) is 0 Å². The molecule has 0 aromatic heterocycles. The van der Waals surface area contributed by atoms with Gasteiger partial charge in [0.2, 0.25) is 0 Å². The van der Waals surface area contributed by atoms with E-state index in [2.05, 4.69) is 224 Å². The van der Waals surface area contributed by atoms with Crippen LogP contribution in [0.25, 0.3) is 0 Å². The smallest absolute Gasteiger partial charge is 0.0249 e. The van der Waals surface area contributed by atoms with E-state index in [1.807, 2.05) is 91.0 Å². The van der Waals surface area contributed by atoms with Crippen LogP contribution in [-0.2, 0) is 16.2 Å². The largest absolute Gasteiger partial charge is 0.0622 e. The predicted molar refractivity (Wildman–Crippen MR) is 315 cm³/mol. The van der Waals surface area contributed by atoms with Gasteiger partial charge in [-0.05, 0) is 222 Å². The van der Waals surface area contributed by atoms with Gasteiger partial charge in [-0.25, -0.2) is 0 Å². The summed E-state index contributed by atoms with van der Waals surface area (Å²) in [6, 6.07) is 82.9. The van der Waals surface area contributed by atoms with Crippen molar-refractivity contribution in [1.82, 2.24) is 0 Å². The highest BCUT2D eigenvalue weighted by Gasteiger charge is 2.67. The zero-order valence-electron chi connectivity index (χ0n) is 43.3. The highest BCUT2D eigenvalue weighted by molar-refractivity contribution is 5.54. The maximum absolute atomic E-state index is 3.47. The minimum absolute atomic E-state index is 0.00169. The Morgan fingerprint density at radius 1 is 0.195 bits per heavy atom. The van der Waals surface area contributed by atoms with E-state index in [4.69, 9.17) is 0 Å². The van der Waals surface area contributed by atoms with Crippen molar-refractivity contribution in [2.45, 2.75) is 61.7 Å². The fraction of sp³-hybridized carbons (Fsp3) is 0.143. The van der Waals surface area contributed by atoms with Gasteiger partial charge >= 0.3 is 0 Å². The Morgan fingerprint density at radius 2 is 0.351 bits per heavy atom. The molecular formula is C77H54. The third-order valence-electron chi connectivity index (χ3n) is 15.9. The number of hydrogen-bond donors (Lipinski definition) is 0. The van der Waals surface area contributed by atoms with Crippen molar-refractivity contribution in [2.24, 2.45) is 5.41 Å². The van der Waals surface area contributed by atoms with E-state index in [-0.39, 0.29) is 21.7 Å². The maximum atomic E-state index is 3.47. The number of rotatable bonds is 3. The first-order chi connectivity index (χ1) is 37.8. The van der Waals surface area contributed by atoms with Crippen LogP contribution in [0.5, 0.6) is 0 Å². The molecule has 0 aliphatic heterocycles. The van der Waals surface area contributed by atoms with E-state index in [0.29, 0.717) is 0 Å². The second-order valence-corrected chi connectivity index (χ2v) is 21.8. The summed E-state index contributed by atoms with van der Waals surface area (Å²) in [5.74, 6) is 40.3. The molecule has 0 amide bonds. The molecule has 4 aliphatic carbocycles. The van der Waals surface area contributed by atoms with E-state index >= 15 is 0 Å². The minimum atomic E-state index is -0.00169. The monoisotopic (exact) mass is 978 g/mol. The van der Waals surface area contributed by atoms with Crippen LogP contribution in [-0.4, -0.2) is 0 Å². The molecule has 0 unspecified atom stereocenters. The van der Waals surface area contributed by atoms with Crippen LogP contribution in [0.15, 0.2) is 237 Å². The molecule has 0 spiro atoms. The lowest BCUT2D eigenvalue weighted by Gasteiger charge is -2.71. The molecule has 0 saturated heterocycles. The topological polar surface area (TPSA) is 0 Å². The molecule has 0 radical (unpaired) electrons. The van der Waals surface area contributed by atoms with Crippen molar-refractivity contribution in [3.63, 3.8) is 0 Å². The molecule has 0 heterocycles. The van der Waals surface area contributed by atoms with E-state index in [1.165, 1.54) is 36.0 Å². The summed E-state index contributed by atoms with van der Waals surface area (Å²) >= 11 is 0. The highest BCUT2D eigenvalue weighted by atomic mass is 14.7. The first-order valence-electron chi connectivity index (χ1n) is 26.7. The Balaban J connectivity index is 0.818. The summed E-state index contributed by atoms with van der Waals surface area (Å²) in [7, 11) is 0. The second-order valence-electron chi connectivity index (χ2n) is 21.8. The van der Waals surface area contributed by atoms with Crippen LogP contribution >= 0.6 is 0 Å². The molecule has 4 bridgehead atoms. The standard InChI is InChI=1S/C77H54/c1-74-53-75(71-47-41-68(42-48-71)38-35-65-29-23-62(24-30-65)20-17-59-11-5-2-6-12-59)56-76(54-74,72-49-43-69(44-50-72)39-36-66-31-25-63(26-32-66)21-18-60-13-7-3-8-14-60)58-77(55-74,57-75)73-51-45-70(46-52-73)40-37-67-33-27-64(28-34-67)22-19-61-15-9-4-10-16-61/h2-16,23-34,41-52H,53-58H2,1H3. The third kappa shape index (κ3) is 11.0. The molecule has 0 atom stereocenters. The molecule has 0 nitrogen and oxygen atoms in total. The summed E-state index contributed by atoms with van der Waals surface area (Å²) < 4.78 is 0. The first-order valence-corrected chi connectivity index (χ1v) is 26.7. The Morgan fingerprint density at radius 3 is 0.532 bits per heavy atom. The van der Waals surface area contributed by atoms with Gasteiger partial charge in [0.05, 0.1) is 0 Å². The highest BCUT2D eigenvalue weighted by Crippen LogP contribution is 2.74. The zero-order valence-corrected chi connectivity index (χ0v) is 43.3. The summed E-state index contributed by atoms with van der Waals surface area (Å²) in [6.07, 6.45) is 6.88. The SMILES string of the molecule is CC12CC3(c4ccc(C#Cc5ccc(C#Cc6ccccc6)cc5)cc4)CC(c4ccc(C#Cc5ccc(C#Cc6ccccc6)cc5)cc4)(C1)CC(c1ccc(C#Cc4ccc(C#Cc5ccccc5)cc4)cc1)(C2)C3. The first kappa shape index (κ1) is 48.3. The van der Waals surface area contributed by atoms with Crippen LogP contribution in [0.1, 0.15) is 129 Å². The lowest BCUT2D eigenvalue weighted by molar-refractivity contribution is -0.0988. The van der Waals surface area contributed by atoms with Gasteiger partial charge in [0.25, 0.3) is 0 Å². The van der Waals surface area contributed by atoms with Gasteiger partial charge in [0.1, 0.15) is 0 Å². The Labute approximate surface area is 455 Å². The molecule has 9 aromatic carbocycles. The Bertz CT molecular complexity index is 3560. The average molecular weight is 979 g/mol. The summed E-state index contributed by atoms with van der Waals surface area (Å²) in [4.78, 5) is 0. The fourth-order valence-corrected chi connectivity index (χ4v) is 13.1. The lowest BCUT2D eigenvalue weighted by atomic mass is 9.33. The van der Waals surface area contributed by atoms with Crippen LogP contribution in [0, 0.1) is 76.5 Å². The van der Waals surface area contributed by atoms with Gasteiger partial charge in [0, 0.05) is 66.8 Å². The molecular weight excluding hydrogens is 925 g/mol. The molecule has 0 heteroatoms. The van der Waals surface area contributed by atoms with E-state index in [1.54, 1.807) is 0 Å². The number of hydrogen-bond acceptors (Lipinski definition) is 0. The zero-order chi connectivity index (χ0) is 52.0. The second kappa shape index (κ2) is 20.9. The van der Waals surface area contributed by atoms with E-state index < -0.39 is 0 Å². The summed E-state index contributed by atoms with van der Waals surface area (Å²) in [5, 5.41) is 0. The van der Waals surface area contributed by atoms with Gasteiger partial charge < -0.3 is 0 Å². The molecule has 4 saturated carbocycles. The molecule has 4 aliphatic rings. The predicted octanol–water partition coefficient (Wildman–Crippen LogP) is 15.6. The molecule has 362 valence electrons. The van der Waals surface area contributed by atoms with Crippen molar-refractivity contribution in [3.05, 3.63) is 320 Å². The normalized spacial score (nSPS) is 20.1. The quantitative estimate of drug-likeness (QED) is 0.155. The maximum Gasteiger partial charge on any atom is 0.0249 e. The molecule has 9 aromatic rings. The van der Waals surface area contributed by atoms with Crippen molar-refractivity contribution in [2.75, 3.05) is 0 Å². The summed E-state index contributed by atoms with van der Waals surface area (Å²) in [5.41, 5.74) is 16.4. The van der Waals surface area contributed by atoms with Gasteiger partial charge in [-0.3, -0.25) is 0 Å². The van der Waals surface area contributed by atoms with Crippen LogP contribution < -0.4 is 0 Å². The van der Waals surface area contributed by atoms with Crippen molar-refractivity contribution >= 4 is 0 Å². The van der Waals surface area contributed by atoms with Crippen molar-refractivity contribution < 1.29 is 0 Å². The van der Waals surface area contributed by atoms with Gasteiger partial charge in [-0.2, -0.15) is 0 Å². The van der Waals surface area contributed by atoms with Gasteiger partial charge in [-0.15, -0.1) is 0 Å². The lowest BCUT2D eigenvalue weighted by Crippen LogP contribution is -2.65. The Hall–Kier alpha value is -9.66. The van der Waals surface area contributed by atoms with Gasteiger partial charge in [-0.1, -0.05) is 169 Å². The van der Waals surface area contributed by atoms with E-state index in [0.717, 1.165) is 86.0 Å². The molecule has 4 fully saturated rings. The summed E-state index contributed by atoms with van der Waals surface area (Å²) in [6.45, 7) is 2.58. The van der Waals surface area contributed by atoms with Crippen LogP contribution in [0.2, 0.25) is 0 Å². The Kier molecular flexibility index (Phi) is 13.1. The molecule has 0 N–H and O–H groups in total.